The lowest BCUT2D eigenvalue weighted by atomic mass is 10.2. The molecule has 9 heteroatoms. The van der Waals surface area contributed by atoms with Crippen molar-refractivity contribution in [2.45, 2.75) is 24.3 Å². The molecule has 1 N–H and O–H groups in total. The molecule has 0 saturated heterocycles. The molecular weight excluding hydrogens is 378 g/mol. The number of amides is 1. The van der Waals surface area contributed by atoms with E-state index >= 15 is 0 Å². The van der Waals surface area contributed by atoms with E-state index in [-0.39, 0.29) is 11.5 Å². The smallest absolute Gasteiger partial charge is 0.265 e. The van der Waals surface area contributed by atoms with Crippen LogP contribution in [-0.4, -0.2) is 42.4 Å². The van der Waals surface area contributed by atoms with E-state index in [4.69, 9.17) is 0 Å². The molecule has 0 saturated carbocycles. The van der Waals surface area contributed by atoms with Crippen LogP contribution in [0.15, 0.2) is 59.0 Å². The van der Waals surface area contributed by atoms with Gasteiger partial charge in [-0.2, -0.15) is 0 Å². The van der Waals surface area contributed by atoms with Gasteiger partial charge in [0.1, 0.15) is 12.6 Å². The quantitative estimate of drug-likeness (QED) is 0.350. The molecular formula is C19H21N5O3S. The van der Waals surface area contributed by atoms with Gasteiger partial charge in [0.15, 0.2) is 4.90 Å². The first-order valence-corrected chi connectivity index (χ1v) is 10.4. The van der Waals surface area contributed by atoms with Gasteiger partial charge in [-0.25, -0.2) is 9.97 Å². The number of carbonyl (C=O) groups excluding carboxylic acids is 1. The van der Waals surface area contributed by atoms with E-state index < -0.39 is 11.2 Å². The van der Waals surface area contributed by atoms with Crippen molar-refractivity contribution in [3.05, 3.63) is 59.7 Å². The molecule has 0 spiro atoms. The van der Waals surface area contributed by atoms with Crippen LogP contribution < -0.4 is 10.9 Å². The van der Waals surface area contributed by atoms with Crippen molar-refractivity contribution in [2.75, 3.05) is 12.8 Å². The maximum atomic E-state index is 12.6. The Kier molecular flexibility index (Phi) is 6.62. The summed E-state index contributed by atoms with van der Waals surface area (Å²) in [4.78, 5) is 33.2. The third-order valence-corrected chi connectivity index (χ3v) is 5.09. The highest BCUT2D eigenvalue weighted by Gasteiger charge is 2.09. The Hall–Kier alpha value is -2.91. The molecule has 1 atom stereocenters. The second kappa shape index (κ2) is 9.34. The Morgan fingerprint density at radius 2 is 2.18 bits per heavy atom. The Labute approximate surface area is 165 Å². The third-order valence-electron chi connectivity index (χ3n) is 4.17. The van der Waals surface area contributed by atoms with Crippen LogP contribution in [0.5, 0.6) is 0 Å². The molecule has 0 aliphatic rings. The van der Waals surface area contributed by atoms with Crippen molar-refractivity contribution in [1.82, 2.24) is 24.4 Å². The molecule has 1 amide bonds. The van der Waals surface area contributed by atoms with Gasteiger partial charge in [-0.05, 0) is 36.2 Å². The first-order chi connectivity index (χ1) is 13.5. The van der Waals surface area contributed by atoms with Crippen molar-refractivity contribution in [2.24, 2.45) is 0 Å². The number of benzene rings is 1. The van der Waals surface area contributed by atoms with E-state index in [9.17, 15) is 14.1 Å². The minimum absolute atomic E-state index is 0.280. The lowest BCUT2D eigenvalue weighted by Gasteiger charge is -2.06. The van der Waals surface area contributed by atoms with E-state index in [2.05, 4.69) is 15.3 Å². The Balaban J connectivity index is 1.56. The van der Waals surface area contributed by atoms with Gasteiger partial charge in [-0.3, -0.25) is 14.2 Å². The molecule has 2 heterocycles. The average Bonchev–Trinajstić information content (AvgIpc) is 3.20. The largest absolute Gasteiger partial charge is 0.612 e. The van der Waals surface area contributed by atoms with E-state index in [1.54, 1.807) is 37.0 Å². The van der Waals surface area contributed by atoms with Gasteiger partial charge in [0.25, 0.3) is 5.56 Å². The average molecular weight is 399 g/mol. The molecule has 1 aromatic carbocycles. The number of nitrogens with zero attached hydrogens (tertiary/aromatic N) is 4. The molecule has 3 rings (SSSR count). The number of hydrogen-bond acceptors (Lipinski definition) is 5. The van der Waals surface area contributed by atoms with E-state index in [1.807, 2.05) is 10.8 Å². The molecule has 146 valence electrons. The third kappa shape index (κ3) is 5.08. The van der Waals surface area contributed by atoms with Crippen molar-refractivity contribution in [3.8, 4) is 0 Å². The molecule has 0 fully saturated rings. The Morgan fingerprint density at radius 3 is 2.93 bits per heavy atom. The number of rotatable bonds is 8. The van der Waals surface area contributed by atoms with Crippen molar-refractivity contribution in [1.29, 1.82) is 0 Å². The van der Waals surface area contributed by atoms with Crippen molar-refractivity contribution >= 4 is 34.2 Å². The summed E-state index contributed by atoms with van der Waals surface area (Å²) < 4.78 is 14.9. The van der Waals surface area contributed by atoms with Gasteiger partial charge in [0.05, 0.1) is 17.2 Å². The lowest BCUT2D eigenvalue weighted by Crippen LogP contribution is -2.23. The molecule has 0 aliphatic carbocycles. The molecule has 28 heavy (non-hydrogen) atoms. The van der Waals surface area contributed by atoms with Crippen LogP contribution in [0.25, 0.3) is 17.1 Å². The fourth-order valence-electron chi connectivity index (χ4n) is 2.66. The molecule has 0 aliphatic heterocycles. The maximum Gasteiger partial charge on any atom is 0.265 e. The van der Waals surface area contributed by atoms with Crippen LogP contribution in [0, 0.1) is 0 Å². The Morgan fingerprint density at radius 1 is 1.32 bits per heavy atom. The summed E-state index contributed by atoms with van der Waals surface area (Å²) in [6.07, 6.45) is 12.8. The summed E-state index contributed by atoms with van der Waals surface area (Å²) in [5, 5.41) is 3.15. The van der Waals surface area contributed by atoms with Crippen LogP contribution in [0.1, 0.15) is 12.8 Å². The fraction of sp³-hybridized carbons (Fsp3) is 0.263. The molecule has 2 aromatic heterocycles. The molecule has 0 radical (unpaired) electrons. The van der Waals surface area contributed by atoms with Crippen LogP contribution in [0.4, 0.5) is 0 Å². The number of hydrogen-bond donors (Lipinski definition) is 1. The second-order valence-electron chi connectivity index (χ2n) is 6.20. The number of aromatic nitrogens is 4. The molecule has 3 aromatic rings. The van der Waals surface area contributed by atoms with Gasteiger partial charge in [-0.15, -0.1) is 0 Å². The van der Waals surface area contributed by atoms with Crippen LogP contribution in [-0.2, 0) is 22.5 Å². The monoisotopic (exact) mass is 399 g/mol. The number of unbranched alkanes of at least 4 members (excludes halogenated alkanes) is 1. The minimum atomic E-state index is -1.19. The van der Waals surface area contributed by atoms with Gasteiger partial charge in [-0.1, -0.05) is 0 Å². The normalized spacial score (nSPS) is 12.5. The predicted molar refractivity (Wildman–Crippen MR) is 108 cm³/mol. The van der Waals surface area contributed by atoms with Gasteiger partial charge in [0.2, 0.25) is 5.91 Å². The van der Waals surface area contributed by atoms with E-state index in [0.29, 0.717) is 22.3 Å². The van der Waals surface area contributed by atoms with Crippen LogP contribution in [0.3, 0.4) is 0 Å². The maximum absolute atomic E-state index is 12.6. The van der Waals surface area contributed by atoms with Crippen molar-refractivity contribution < 1.29 is 9.35 Å². The number of nitrogens with one attached hydrogen (secondary N) is 1. The van der Waals surface area contributed by atoms with Crippen LogP contribution in [0.2, 0.25) is 0 Å². The number of imidazole rings is 1. The fourth-order valence-corrected chi connectivity index (χ4v) is 3.20. The number of aryl methyl sites for hydroxylation is 1. The SMILES string of the molecule is C[S+]([O-])c1ccc2ncn(C=CC(=O)NCCCCn3ccnc3)c(=O)c2c1. The van der Waals surface area contributed by atoms with Crippen molar-refractivity contribution in [3.63, 3.8) is 0 Å². The van der Waals surface area contributed by atoms with Gasteiger partial charge < -0.3 is 14.4 Å². The topological polar surface area (TPSA) is 105 Å². The molecule has 0 bridgehead atoms. The van der Waals surface area contributed by atoms with Gasteiger partial charge in [0, 0.05) is 43.8 Å². The summed E-state index contributed by atoms with van der Waals surface area (Å²) >= 11 is -1.19. The lowest BCUT2D eigenvalue weighted by molar-refractivity contribution is -0.116. The summed E-state index contributed by atoms with van der Waals surface area (Å²) in [5.74, 6) is -0.280. The summed E-state index contributed by atoms with van der Waals surface area (Å²) in [6, 6.07) is 4.93. The Bertz CT molecular complexity index is 1030. The summed E-state index contributed by atoms with van der Waals surface area (Å²) in [7, 11) is 0. The zero-order valence-corrected chi connectivity index (χ0v) is 16.3. The highest BCUT2D eigenvalue weighted by atomic mass is 32.2. The zero-order chi connectivity index (χ0) is 19.9. The number of fused-ring (bicyclic) bond motifs is 1. The summed E-state index contributed by atoms with van der Waals surface area (Å²) in [6.45, 7) is 1.41. The molecule has 8 nitrogen and oxygen atoms in total. The highest BCUT2D eigenvalue weighted by Crippen LogP contribution is 2.14. The summed E-state index contributed by atoms with van der Waals surface area (Å²) in [5.41, 5.74) is 0.202. The zero-order valence-electron chi connectivity index (χ0n) is 15.4. The van der Waals surface area contributed by atoms with E-state index in [1.165, 1.54) is 23.2 Å². The van der Waals surface area contributed by atoms with E-state index in [0.717, 1.165) is 19.4 Å². The predicted octanol–water partition coefficient (Wildman–Crippen LogP) is 1.40. The first-order valence-electron chi connectivity index (χ1n) is 8.81. The van der Waals surface area contributed by atoms with Gasteiger partial charge >= 0.3 is 0 Å². The highest BCUT2D eigenvalue weighted by molar-refractivity contribution is 7.90. The minimum Gasteiger partial charge on any atom is -0.612 e. The second-order valence-corrected chi connectivity index (χ2v) is 7.58. The van der Waals surface area contributed by atoms with Crippen LogP contribution >= 0.6 is 0 Å². The first kappa shape index (κ1) is 19.8. The molecule has 1 unspecified atom stereocenters. The number of carbonyl (C=O) groups is 1. The standard InChI is InChI=1S/C19H21N5O3S/c1-28(27)15-4-5-17-16(12-15)19(26)24(14-22-17)10-6-18(25)21-7-2-3-9-23-11-8-20-13-23/h4-6,8,10-14H,2-3,7,9H2,1H3,(H,21,25).